The molecule has 1 rings (SSSR count). The molecule has 3 heteroatoms. The molecular formula is C11H18O3. The highest BCUT2D eigenvalue weighted by Gasteiger charge is 2.44. The first-order valence-electron chi connectivity index (χ1n) is 4.85. The van der Waals surface area contributed by atoms with E-state index >= 15 is 0 Å². The quantitative estimate of drug-likeness (QED) is 0.513. The Kier molecular flexibility index (Phi) is 3.00. The molecule has 0 aromatic rings. The van der Waals surface area contributed by atoms with Crippen LogP contribution in [0.15, 0.2) is 12.2 Å². The van der Waals surface area contributed by atoms with E-state index in [9.17, 15) is 4.79 Å². The van der Waals surface area contributed by atoms with Gasteiger partial charge in [0.05, 0.1) is 12.2 Å². The van der Waals surface area contributed by atoms with Crippen LogP contribution in [0.1, 0.15) is 27.7 Å². The van der Waals surface area contributed by atoms with Gasteiger partial charge < -0.3 is 9.47 Å². The zero-order chi connectivity index (χ0) is 10.9. The van der Waals surface area contributed by atoms with Crippen molar-refractivity contribution in [2.24, 2.45) is 5.92 Å². The van der Waals surface area contributed by atoms with Gasteiger partial charge in [-0.3, -0.25) is 0 Å². The van der Waals surface area contributed by atoms with Crippen molar-refractivity contribution in [2.45, 2.75) is 39.4 Å². The molecule has 1 fully saturated rings. The monoisotopic (exact) mass is 198 g/mol. The Morgan fingerprint density at radius 2 is 2.21 bits per heavy atom. The summed E-state index contributed by atoms with van der Waals surface area (Å²) < 4.78 is 10.6. The third-order valence-corrected chi connectivity index (χ3v) is 2.74. The van der Waals surface area contributed by atoms with E-state index in [1.54, 1.807) is 6.92 Å². The first-order valence-corrected chi connectivity index (χ1v) is 4.85. The van der Waals surface area contributed by atoms with Crippen LogP contribution < -0.4 is 0 Å². The summed E-state index contributed by atoms with van der Waals surface area (Å²) in [6.45, 7) is 11.8. The molecule has 0 spiro atoms. The predicted octanol–water partition coefficient (Wildman–Crippen LogP) is 1.92. The van der Waals surface area contributed by atoms with E-state index in [1.165, 1.54) is 0 Å². The summed E-state index contributed by atoms with van der Waals surface area (Å²) in [4.78, 5) is 11.2. The molecule has 0 N–H and O–H groups in total. The van der Waals surface area contributed by atoms with Gasteiger partial charge in [-0.05, 0) is 27.7 Å². The van der Waals surface area contributed by atoms with Crippen molar-refractivity contribution < 1.29 is 14.3 Å². The van der Waals surface area contributed by atoms with Crippen molar-refractivity contribution in [3.63, 3.8) is 0 Å². The molecule has 0 bridgehead atoms. The first-order chi connectivity index (χ1) is 6.34. The zero-order valence-electron chi connectivity index (χ0n) is 9.29. The summed E-state index contributed by atoms with van der Waals surface area (Å²) >= 11 is 0. The van der Waals surface area contributed by atoms with Crippen LogP contribution in [-0.4, -0.2) is 24.3 Å². The van der Waals surface area contributed by atoms with Crippen LogP contribution in [0.3, 0.4) is 0 Å². The molecule has 14 heavy (non-hydrogen) atoms. The topological polar surface area (TPSA) is 35.5 Å². The Morgan fingerprint density at radius 3 is 2.50 bits per heavy atom. The molecule has 0 radical (unpaired) electrons. The van der Waals surface area contributed by atoms with Gasteiger partial charge in [0, 0.05) is 11.5 Å². The van der Waals surface area contributed by atoms with Gasteiger partial charge in [-0.25, -0.2) is 4.79 Å². The van der Waals surface area contributed by atoms with Crippen LogP contribution in [0, 0.1) is 5.92 Å². The summed E-state index contributed by atoms with van der Waals surface area (Å²) in [5.74, 6) is -0.0361. The normalized spacial score (nSPS) is 26.1. The van der Waals surface area contributed by atoms with Gasteiger partial charge in [0.15, 0.2) is 0 Å². The van der Waals surface area contributed by atoms with Crippen molar-refractivity contribution >= 4 is 5.97 Å². The largest absolute Gasteiger partial charge is 0.459 e. The molecule has 1 aliphatic rings. The standard InChI is InChI=1S/C11H18O3/c1-7(2)10(12)14-8(3)9-6-13-11(9,4)5/h8-9H,1,6H2,2-5H3. The third kappa shape index (κ3) is 2.15. The number of carbonyl (C=O) groups excluding carboxylic acids is 1. The number of hydrogen-bond donors (Lipinski definition) is 0. The predicted molar refractivity (Wildman–Crippen MR) is 53.9 cm³/mol. The Labute approximate surface area is 85.1 Å². The van der Waals surface area contributed by atoms with Gasteiger partial charge in [-0.15, -0.1) is 0 Å². The summed E-state index contributed by atoms with van der Waals surface area (Å²) in [5, 5.41) is 0. The van der Waals surface area contributed by atoms with Gasteiger partial charge in [0.1, 0.15) is 6.10 Å². The van der Waals surface area contributed by atoms with Gasteiger partial charge >= 0.3 is 5.97 Å². The lowest BCUT2D eigenvalue weighted by molar-refractivity contribution is -0.218. The first kappa shape index (κ1) is 11.2. The number of rotatable bonds is 3. The molecule has 0 amide bonds. The molecule has 0 saturated carbocycles. The second-order valence-electron chi connectivity index (χ2n) is 4.41. The van der Waals surface area contributed by atoms with Crippen molar-refractivity contribution in [1.82, 2.24) is 0 Å². The van der Waals surface area contributed by atoms with E-state index in [4.69, 9.17) is 9.47 Å². The maximum Gasteiger partial charge on any atom is 0.333 e. The van der Waals surface area contributed by atoms with Crippen LogP contribution in [0.4, 0.5) is 0 Å². The van der Waals surface area contributed by atoms with Crippen LogP contribution >= 0.6 is 0 Å². The van der Waals surface area contributed by atoms with Crippen molar-refractivity contribution in [1.29, 1.82) is 0 Å². The second kappa shape index (κ2) is 3.73. The zero-order valence-corrected chi connectivity index (χ0v) is 9.29. The highest BCUT2D eigenvalue weighted by Crippen LogP contribution is 2.35. The Hall–Kier alpha value is -0.830. The molecule has 80 valence electrons. The lowest BCUT2D eigenvalue weighted by atomic mass is 9.82. The van der Waals surface area contributed by atoms with Crippen LogP contribution in [0.5, 0.6) is 0 Å². The molecule has 0 aromatic carbocycles. The van der Waals surface area contributed by atoms with Crippen LogP contribution in [-0.2, 0) is 14.3 Å². The third-order valence-electron chi connectivity index (χ3n) is 2.74. The smallest absolute Gasteiger partial charge is 0.333 e. The fraction of sp³-hybridized carbons (Fsp3) is 0.727. The minimum Gasteiger partial charge on any atom is -0.459 e. The molecule has 1 saturated heterocycles. The Balaban J connectivity index is 2.47. The molecule has 3 nitrogen and oxygen atoms in total. The molecule has 2 atom stereocenters. The average Bonchev–Trinajstić information content (AvgIpc) is 2.02. The van der Waals surface area contributed by atoms with Crippen molar-refractivity contribution in [3.05, 3.63) is 12.2 Å². The van der Waals surface area contributed by atoms with Crippen molar-refractivity contribution in [3.8, 4) is 0 Å². The van der Waals surface area contributed by atoms with E-state index < -0.39 is 0 Å². The molecule has 1 aliphatic heterocycles. The maximum absolute atomic E-state index is 11.2. The van der Waals surface area contributed by atoms with Crippen LogP contribution in [0.25, 0.3) is 0 Å². The fourth-order valence-electron chi connectivity index (χ4n) is 1.57. The lowest BCUT2D eigenvalue weighted by Gasteiger charge is -2.46. The van der Waals surface area contributed by atoms with E-state index in [2.05, 4.69) is 6.58 Å². The number of hydrogen-bond acceptors (Lipinski definition) is 3. The molecule has 1 heterocycles. The van der Waals surface area contributed by atoms with Gasteiger partial charge in [0.2, 0.25) is 0 Å². The van der Waals surface area contributed by atoms with E-state index in [1.807, 2.05) is 20.8 Å². The summed E-state index contributed by atoms with van der Waals surface area (Å²) in [5.41, 5.74) is 0.268. The lowest BCUT2D eigenvalue weighted by Crippen LogP contribution is -2.54. The molecular weight excluding hydrogens is 180 g/mol. The van der Waals surface area contributed by atoms with Gasteiger partial charge in [-0.2, -0.15) is 0 Å². The fourth-order valence-corrected chi connectivity index (χ4v) is 1.57. The number of carbonyl (C=O) groups is 1. The van der Waals surface area contributed by atoms with Crippen LogP contribution in [0.2, 0.25) is 0 Å². The van der Waals surface area contributed by atoms with E-state index in [0.717, 1.165) is 0 Å². The Morgan fingerprint density at radius 1 is 1.64 bits per heavy atom. The van der Waals surface area contributed by atoms with E-state index in [0.29, 0.717) is 12.2 Å². The summed E-state index contributed by atoms with van der Waals surface area (Å²) in [6.07, 6.45) is -0.108. The minimum atomic E-state index is -0.319. The number of ether oxygens (including phenoxy) is 2. The van der Waals surface area contributed by atoms with Gasteiger partial charge in [0.25, 0.3) is 0 Å². The van der Waals surface area contributed by atoms with Gasteiger partial charge in [-0.1, -0.05) is 6.58 Å². The minimum absolute atomic E-state index is 0.108. The van der Waals surface area contributed by atoms with Crippen molar-refractivity contribution in [2.75, 3.05) is 6.61 Å². The highest BCUT2D eigenvalue weighted by atomic mass is 16.6. The second-order valence-corrected chi connectivity index (χ2v) is 4.41. The summed E-state index contributed by atoms with van der Waals surface area (Å²) in [7, 11) is 0. The molecule has 0 aliphatic carbocycles. The average molecular weight is 198 g/mol. The van der Waals surface area contributed by atoms with E-state index in [-0.39, 0.29) is 23.6 Å². The molecule has 0 aromatic heterocycles. The number of esters is 1. The maximum atomic E-state index is 11.2. The SMILES string of the molecule is C=C(C)C(=O)OC(C)C1COC1(C)C. The summed E-state index contributed by atoms with van der Waals surface area (Å²) in [6, 6.07) is 0. The molecule has 2 unspecified atom stereocenters. The highest BCUT2D eigenvalue weighted by molar-refractivity contribution is 5.87. The Bertz CT molecular complexity index is 255.